The van der Waals surface area contributed by atoms with Crippen molar-refractivity contribution in [2.24, 2.45) is 5.92 Å². The Hall–Kier alpha value is -0.590. The maximum absolute atomic E-state index is 9.12. The summed E-state index contributed by atoms with van der Waals surface area (Å²) in [6.45, 7) is 2.80. The first kappa shape index (κ1) is 11.5. The van der Waals surface area contributed by atoms with Crippen LogP contribution in [-0.2, 0) is 4.74 Å². The maximum Gasteiger partial charge on any atom is 0.154 e. The highest BCUT2D eigenvalue weighted by Crippen LogP contribution is 2.34. The Labute approximate surface area is 85.7 Å². The third kappa shape index (κ3) is 2.97. The van der Waals surface area contributed by atoms with Crippen LogP contribution < -0.4 is 0 Å². The van der Waals surface area contributed by atoms with Crippen LogP contribution in [0.4, 0.5) is 0 Å². The summed E-state index contributed by atoms with van der Waals surface area (Å²) in [6.07, 6.45) is 4.59. The van der Waals surface area contributed by atoms with Crippen LogP contribution >= 0.6 is 0 Å². The van der Waals surface area contributed by atoms with Crippen LogP contribution in [0.5, 0.6) is 0 Å². The molecule has 0 aliphatic heterocycles. The van der Waals surface area contributed by atoms with E-state index in [2.05, 4.69) is 13.0 Å². The Bertz CT molecular complexity index is 212. The molecule has 1 aliphatic rings. The zero-order valence-corrected chi connectivity index (χ0v) is 8.83. The first-order valence-corrected chi connectivity index (χ1v) is 5.38. The van der Waals surface area contributed by atoms with Crippen molar-refractivity contribution in [3.8, 4) is 6.07 Å². The van der Waals surface area contributed by atoms with E-state index in [1.54, 1.807) is 0 Å². The van der Waals surface area contributed by atoms with Gasteiger partial charge in [0.15, 0.2) is 5.60 Å². The minimum atomic E-state index is -0.563. The molecule has 1 rings (SSSR count). The molecule has 0 heterocycles. The third-order valence-electron chi connectivity index (χ3n) is 2.84. The lowest BCUT2D eigenvalue weighted by Gasteiger charge is -2.34. The van der Waals surface area contributed by atoms with Crippen LogP contribution in [-0.4, -0.2) is 23.9 Å². The summed E-state index contributed by atoms with van der Waals surface area (Å²) in [5, 5.41) is 17.8. The molecular formula is C11H19NO2. The van der Waals surface area contributed by atoms with Gasteiger partial charge in [0.1, 0.15) is 0 Å². The molecule has 1 aliphatic carbocycles. The van der Waals surface area contributed by atoms with E-state index in [0.29, 0.717) is 18.9 Å². The van der Waals surface area contributed by atoms with Gasteiger partial charge in [-0.2, -0.15) is 5.26 Å². The van der Waals surface area contributed by atoms with Gasteiger partial charge in [0.05, 0.1) is 12.7 Å². The second-order valence-electron chi connectivity index (χ2n) is 4.23. The predicted molar refractivity (Wildman–Crippen MR) is 53.6 cm³/mol. The Morgan fingerprint density at radius 2 is 2.43 bits per heavy atom. The van der Waals surface area contributed by atoms with Crippen molar-refractivity contribution in [1.82, 2.24) is 0 Å². The predicted octanol–water partition coefficient (Wildman–Crippen LogP) is 1.86. The zero-order valence-electron chi connectivity index (χ0n) is 8.83. The molecule has 1 N–H and O–H groups in total. The van der Waals surface area contributed by atoms with E-state index in [4.69, 9.17) is 15.1 Å². The molecule has 0 amide bonds. The van der Waals surface area contributed by atoms with Gasteiger partial charge in [0.25, 0.3) is 0 Å². The average Bonchev–Trinajstić information content (AvgIpc) is 2.18. The fourth-order valence-electron chi connectivity index (χ4n) is 2.10. The van der Waals surface area contributed by atoms with Gasteiger partial charge < -0.3 is 9.84 Å². The first-order valence-electron chi connectivity index (χ1n) is 5.38. The minimum absolute atomic E-state index is 0.136. The van der Waals surface area contributed by atoms with Crippen molar-refractivity contribution in [3.05, 3.63) is 0 Å². The van der Waals surface area contributed by atoms with E-state index >= 15 is 0 Å². The highest BCUT2D eigenvalue weighted by molar-refractivity contribution is 5.04. The topological polar surface area (TPSA) is 53.2 Å². The molecule has 2 unspecified atom stereocenters. The lowest BCUT2D eigenvalue weighted by Crippen LogP contribution is -2.36. The number of nitriles is 1. The third-order valence-corrected chi connectivity index (χ3v) is 2.84. The molecule has 3 nitrogen and oxygen atoms in total. The molecule has 1 saturated carbocycles. The van der Waals surface area contributed by atoms with Gasteiger partial charge in [-0.05, 0) is 31.6 Å². The Morgan fingerprint density at radius 1 is 1.64 bits per heavy atom. The molecule has 80 valence electrons. The van der Waals surface area contributed by atoms with E-state index in [1.807, 2.05) is 0 Å². The average molecular weight is 197 g/mol. The summed E-state index contributed by atoms with van der Waals surface area (Å²) in [5.41, 5.74) is -0.563. The van der Waals surface area contributed by atoms with Crippen molar-refractivity contribution in [1.29, 1.82) is 5.26 Å². The molecule has 3 heteroatoms. The molecule has 0 radical (unpaired) electrons. The molecular weight excluding hydrogens is 178 g/mol. The van der Waals surface area contributed by atoms with E-state index in [0.717, 1.165) is 19.3 Å². The minimum Gasteiger partial charge on any atom is -0.396 e. The quantitative estimate of drug-likeness (QED) is 0.700. The summed E-state index contributed by atoms with van der Waals surface area (Å²) >= 11 is 0. The molecule has 0 aromatic heterocycles. The highest BCUT2D eigenvalue weighted by atomic mass is 16.5. The maximum atomic E-state index is 9.12. The summed E-state index contributed by atoms with van der Waals surface area (Å²) in [5.74, 6) is 0.581. The van der Waals surface area contributed by atoms with Crippen LogP contribution in [0.15, 0.2) is 0 Å². The van der Waals surface area contributed by atoms with Gasteiger partial charge in [0, 0.05) is 6.61 Å². The highest BCUT2D eigenvalue weighted by Gasteiger charge is 2.35. The first-order chi connectivity index (χ1) is 6.72. The van der Waals surface area contributed by atoms with E-state index in [1.165, 1.54) is 6.42 Å². The van der Waals surface area contributed by atoms with Gasteiger partial charge >= 0.3 is 0 Å². The number of hydrogen-bond acceptors (Lipinski definition) is 3. The lowest BCUT2D eigenvalue weighted by atomic mass is 9.79. The van der Waals surface area contributed by atoms with Crippen molar-refractivity contribution in [3.63, 3.8) is 0 Å². The number of ether oxygens (including phenoxy) is 1. The number of aliphatic hydroxyl groups is 1. The summed E-state index contributed by atoms with van der Waals surface area (Å²) in [7, 11) is 0. The Kier molecular flexibility index (Phi) is 4.37. The molecule has 0 bridgehead atoms. The molecule has 2 atom stereocenters. The van der Waals surface area contributed by atoms with Gasteiger partial charge in [-0.3, -0.25) is 0 Å². The second-order valence-corrected chi connectivity index (χ2v) is 4.23. The van der Waals surface area contributed by atoms with E-state index in [-0.39, 0.29) is 6.61 Å². The molecule has 14 heavy (non-hydrogen) atoms. The zero-order chi connectivity index (χ0) is 10.4. The second kappa shape index (κ2) is 5.33. The fourth-order valence-corrected chi connectivity index (χ4v) is 2.10. The van der Waals surface area contributed by atoms with Gasteiger partial charge in [-0.25, -0.2) is 0 Å². The molecule has 0 aromatic rings. The van der Waals surface area contributed by atoms with Crippen LogP contribution in [0, 0.1) is 17.2 Å². The van der Waals surface area contributed by atoms with Crippen molar-refractivity contribution >= 4 is 0 Å². The largest absolute Gasteiger partial charge is 0.396 e. The fraction of sp³-hybridized carbons (Fsp3) is 0.909. The molecule has 0 saturated heterocycles. The van der Waals surface area contributed by atoms with Crippen LogP contribution in [0.25, 0.3) is 0 Å². The normalized spacial score (nSPS) is 32.5. The number of hydrogen-bond donors (Lipinski definition) is 1. The van der Waals surface area contributed by atoms with Crippen LogP contribution in [0.3, 0.4) is 0 Å². The molecule has 0 spiro atoms. The van der Waals surface area contributed by atoms with Gasteiger partial charge in [-0.15, -0.1) is 0 Å². The smallest absolute Gasteiger partial charge is 0.154 e. The Morgan fingerprint density at radius 3 is 3.00 bits per heavy atom. The lowest BCUT2D eigenvalue weighted by molar-refractivity contribution is -0.0434. The van der Waals surface area contributed by atoms with Gasteiger partial charge in [-0.1, -0.05) is 13.3 Å². The van der Waals surface area contributed by atoms with Crippen LogP contribution in [0.2, 0.25) is 0 Å². The Balaban J connectivity index is 2.44. The monoisotopic (exact) mass is 197 g/mol. The van der Waals surface area contributed by atoms with Gasteiger partial charge in [0.2, 0.25) is 0 Å². The molecule has 1 fully saturated rings. The molecule has 0 aromatic carbocycles. The van der Waals surface area contributed by atoms with Crippen molar-refractivity contribution < 1.29 is 9.84 Å². The number of rotatable bonds is 4. The standard InChI is InChI=1S/C11H19NO2/c1-10-4-2-5-11(8-10,9-12)14-7-3-6-13/h10,13H,2-8H2,1H3. The van der Waals surface area contributed by atoms with E-state index in [9.17, 15) is 0 Å². The van der Waals surface area contributed by atoms with Crippen molar-refractivity contribution in [2.75, 3.05) is 13.2 Å². The van der Waals surface area contributed by atoms with Crippen molar-refractivity contribution in [2.45, 2.75) is 44.6 Å². The SMILES string of the molecule is CC1CCCC(C#N)(OCCCO)C1. The van der Waals surface area contributed by atoms with Crippen LogP contribution in [0.1, 0.15) is 39.0 Å². The summed E-state index contributed by atoms with van der Waals surface area (Å²) in [4.78, 5) is 0. The summed E-state index contributed by atoms with van der Waals surface area (Å²) in [6, 6.07) is 2.30. The number of nitrogens with zero attached hydrogens (tertiary/aromatic N) is 1. The van der Waals surface area contributed by atoms with E-state index < -0.39 is 5.60 Å². The number of aliphatic hydroxyl groups excluding tert-OH is 1. The summed E-state index contributed by atoms with van der Waals surface area (Å²) < 4.78 is 5.61.